The lowest BCUT2D eigenvalue weighted by molar-refractivity contribution is -0.385. The Morgan fingerprint density at radius 1 is 1.12 bits per heavy atom. The third-order valence-electron chi connectivity index (χ3n) is 9.36. The molecule has 0 bridgehead atoms. The summed E-state index contributed by atoms with van der Waals surface area (Å²) in [5.41, 5.74) is 1.41. The Balaban J connectivity index is 1.30. The standard InChI is InChI=1S/C34H38N6O7Si/c1-22-31(48(2,3)46)30(15-17-38-21-26(16-18-41)36-37-38)47-34(22)28-19-27(40(44)45)13-14-29(28)39(33(34)43)20-23-9-11-25(12-10-23)35-32(42)24-7-5-4-6-8-24/h4-14,19,21-22,30-31,41,46H,15-18,20H2,1-3H3,(H,35,42)/t22-,30+,31-,34+/m0/s1. The molecule has 2 aliphatic heterocycles. The van der Waals surface area contributed by atoms with Gasteiger partial charge in [0.1, 0.15) is 0 Å². The molecule has 250 valence electrons. The summed E-state index contributed by atoms with van der Waals surface area (Å²) in [4.78, 5) is 51.9. The molecule has 2 amide bonds. The van der Waals surface area contributed by atoms with E-state index < -0.39 is 30.9 Å². The zero-order valence-corrected chi connectivity index (χ0v) is 27.9. The van der Waals surface area contributed by atoms with Crippen LogP contribution in [0.5, 0.6) is 0 Å². The Morgan fingerprint density at radius 3 is 2.52 bits per heavy atom. The molecule has 2 aliphatic rings. The minimum absolute atomic E-state index is 0.0457. The van der Waals surface area contributed by atoms with E-state index in [0.29, 0.717) is 47.6 Å². The molecule has 3 heterocycles. The van der Waals surface area contributed by atoms with Crippen molar-refractivity contribution < 1.29 is 29.2 Å². The van der Waals surface area contributed by atoms with Crippen LogP contribution >= 0.6 is 0 Å². The molecule has 4 atom stereocenters. The average molecular weight is 671 g/mol. The van der Waals surface area contributed by atoms with Crippen molar-refractivity contribution in [2.45, 2.75) is 63.2 Å². The SMILES string of the molecule is C[C@H]1[C@H]([Si](C)(C)O)[C@@H](CCn2cc(CCO)nn2)O[C@]12C(=O)N(Cc1ccc(NC(=O)c3ccccc3)cc1)c1ccc([N+](=O)[O-])cc12. The Bertz CT molecular complexity index is 1830. The molecular weight excluding hydrogens is 632 g/mol. The van der Waals surface area contributed by atoms with Crippen LogP contribution in [0.2, 0.25) is 18.6 Å². The second kappa shape index (κ2) is 13.0. The molecule has 0 unspecified atom stereocenters. The van der Waals surface area contributed by atoms with Crippen molar-refractivity contribution in [3.8, 4) is 0 Å². The Kier molecular flexibility index (Phi) is 9.00. The lowest BCUT2D eigenvalue weighted by atomic mass is 9.82. The van der Waals surface area contributed by atoms with Crippen LogP contribution < -0.4 is 10.2 Å². The van der Waals surface area contributed by atoms with Gasteiger partial charge in [0.25, 0.3) is 17.5 Å². The van der Waals surface area contributed by atoms with E-state index in [1.165, 1.54) is 12.1 Å². The summed E-state index contributed by atoms with van der Waals surface area (Å²) < 4.78 is 8.45. The van der Waals surface area contributed by atoms with Crippen LogP contribution in [-0.4, -0.2) is 62.7 Å². The number of nitrogens with zero attached hydrogens (tertiary/aromatic N) is 5. The van der Waals surface area contributed by atoms with Gasteiger partial charge in [0.2, 0.25) is 0 Å². The molecular formula is C34H38N6O7Si. The molecule has 3 aromatic carbocycles. The van der Waals surface area contributed by atoms with Crippen LogP contribution in [0.4, 0.5) is 17.1 Å². The first kappa shape index (κ1) is 33.1. The van der Waals surface area contributed by atoms with Gasteiger partial charge in [-0.1, -0.05) is 42.5 Å². The molecule has 4 aromatic rings. The molecule has 0 aliphatic carbocycles. The summed E-state index contributed by atoms with van der Waals surface area (Å²) in [6.07, 6.45) is 2.01. The smallest absolute Gasteiger partial charge is 0.269 e. The molecule has 48 heavy (non-hydrogen) atoms. The quantitative estimate of drug-likeness (QED) is 0.119. The molecule has 1 saturated heterocycles. The maximum Gasteiger partial charge on any atom is 0.269 e. The molecule has 1 fully saturated rings. The van der Waals surface area contributed by atoms with E-state index in [0.717, 1.165) is 5.56 Å². The van der Waals surface area contributed by atoms with E-state index in [1.54, 1.807) is 58.2 Å². The minimum Gasteiger partial charge on any atom is -0.432 e. The van der Waals surface area contributed by atoms with Gasteiger partial charge >= 0.3 is 0 Å². The number of rotatable bonds is 11. The first-order chi connectivity index (χ1) is 22.9. The highest BCUT2D eigenvalue weighted by molar-refractivity contribution is 6.71. The number of fused-ring (bicyclic) bond motifs is 2. The normalized spacial score (nSPS) is 21.9. The van der Waals surface area contributed by atoms with Crippen LogP contribution in [0, 0.1) is 16.0 Å². The van der Waals surface area contributed by atoms with Crippen molar-refractivity contribution in [2.75, 3.05) is 16.8 Å². The van der Waals surface area contributed by atoms with Crippen LogP contribution in [0.15, 0.2) is 79.0 Å². The van der Waals surface area contributed by atoms with Crippen molar-refractivity contribution in [3.05, 3.63) is 111 Å². The number of carbonyl (C=O) groups is 2. The van der Waals surface area contributed by atoms with Gasteiger partial charge in [0.15, 0.2) is 13.9 Å². The fourth-order valence-corrected chi connectivity index (χ4v) is 9.81. The Labute approximate surface area is 278 Å². The summed E-state index contributed by atoms with van der Waals surface area (Å²) in [6.45, 7) is 6.05. The number of aromatic nitrogens is 3. The summed E-state index contributed by atoms with van der Waals surface area (Å²) in [5, 5.41) is 32.3. The first-order valence-electron chi connectivity index (χ1n) is 15.9. The van der Waals surface area contributed by atoms with Gasteiger partial charge < -0.3 is 24.9 Å². The first-order valence-corrected chi connectivity index (χ1v) is 18.9. The van der Waals surface area contributed by atoms with Gasteiger partial charge in [-0.15, -0.1) is 5.10 Å². The Hall–Kier alpha value is -4.76. The minimum atomic E-state index is -2.96. The number of benzene rings is 3. The zero-order valence-electron chi connectivity index (χ0n) is 26.9. The molecule has 0 saturated carbocycles. The highest BCUT2D eigenvalue weighted by Gasteiger charge is 2.66. The number of nitrogens with one attached hydrogen (secondary N) is 1. The predicted octanol–water partition coefficient (Wildman–Crippen LogP) is 4.41. The zero-order chi connectivity index (χ0) is 34.2. The summed E-state index contributed by atoms with van der Waals surface area (Å²) >= 11 is 0. The molecule has 1 spiro atoms. The fourth-order valence-electron chi connectivity index (χ4n) is 7.21. The van der Waals surface area contributed by atoms with Gasteiger partial charge in [0, 0.05) is 66.2 Å². The van der Waals surface area contributed by atoms with Gasteiger partial charge in [-0.3, -0.25) is 24.4 Å². The van der Waals surface area contributed by atoms with Gasteiger partial charge in [0.05, 0.1) is 29.0 Å². The average Bonchev–Trinajstić information content (AvgIpc) is 3.71. The summed E-state index contributed by atoms with van der Waals surface area (Å²) in [5.74, 6) is -1.08. The van der Waals surface area contributed by atoms with Crippen molar-refractivity contribution >= 4 is 37.2 Å². The molecule has 0 radical (unpaired) electrons. The number of aliphatic hydroxyl groups is 1. The monoisotopic (exact) mass is 670 g/mol. The van der Waals surface area contributed by atoms with Crippen molar-refractivity contribution in [3.63, 3.8) is 0 Å². The number of hydrogen-bond acceptors (Lipinski definition) is 9. The van der Waals surface area contributed by atoms with E-state index in [2.05, 4.69) is 15.6 Å². The number of amides is 2. The second-order valence-corrected chi connectivity index (χ2v) is 16.9. The number of non-ortho nitro benzene ring substituents is 1. The number of nitro groups is 1. The van der Waals surface area contributed by atoms with E-state index >= 15 is 0 Å². The third-order valence-corrected chi connectivity index (χ3v) is 11.9. The van der Waals surface area contributed by atoms with Crippen molar-refractivity contribution in [2.24, 2.45) is 5.92 Å². The number of aryl methyl sites for hydroxylation is 1. The maximum absolute atomic E-state index is 14.7. The van der Waals surface area contributed by atoms with E-state index in [1.807, 2.05) is 38.2 Å². The van der Waals surface area contributed by atoms with Gasteiger partial charge in [-0.25, -0.2) is 0 Å². The van der Waals surface area contributed by atoms with E-state index in [-0.39, 0.29) is 36.2 Å². The number of hydrogen-bond donors (Lipinski definition) is 3. The van der Waals surface area contributed by atoms with Crippen LogP contribution in [0.1, 0.15) is 40.5 Å². The fraction of sp³-hybridized carbons (Fsp3) is 0.353. The van der Waals surface area contributed by atoms with E-state index in [9.17, 15) is 29.6 Å². The Morgan fingerprint density at radius 2 is 1.85 bits per heavy atom. The lowest BCUT2D eigenvalue weighted by Gasteiger charge is -2.32. The van der Waals surface area contributed by atoms with Gasteiger partial charge in [-0.2, -0.15) is 0 Å². The predicted molar refractivity (Wildman–Crippen MR) is 180 cm³/mol. The lowest BCUT2D eigenvalue weighted by Crippen LogP contribution is -2.46. The largest absolute Gasteiger partial charge is 0.432 e. The highest BCUT2D eigenvalue weighted by atomic mass is 28.4. The number of aliphatic hydroxyl groups excluding tert-OH is 1. The molecule has 13 nitrogen and oxygen atoms in total. The number of carbonyl (C=O) groups excluding carboxylic acids is 2. The topological polar surface area (TPSA) is 173 Å². The summed E-state index contributed by atoms with van der Waals surface area (Å²) in [6, 6.07) is 20.4. The molecule has 1 aromatic heterocycles. The van der Waals surface area contributed by atoms with Crippen LogP contribution in [-0.2, 0) is 34.6 Å². The number of nitro benzene ring substituents is 1. The third kappa shape index (κ3) is 6.14. The van der Waals surface area contributed by atoms with Crippen LogP contribution in [0.25, 0.3) is 0 Å². The number of anilines is 2. The molecule has 6 rings (SSSR count). The summed E-state index contributed by atoms with van der Waals surface area (Å²) in [7, 11) is -2.96. The maximum atomic E-state index is 14.7. The van der Waals surface area contributed by atoms with Crippen molar-refractivity contribution in [1.82, 2.24) is 15.0 Å². The molecule has 3 N–H and O–H groups in total. The van der Waals surface area contributed by atoms with Gasteiger partial charge in [-0.05, 0) is 55.4 Å². The molecule has 14 heteroatoms. The number of ether oxygens (including phenoxy) is 1. The highest BCUT2D eigenvalue weighted by Crippen LogP contribution is 2.60. The van der Waals surface area contributed by atoms with E-state index in [4.69, 9.17) is 4.74 Å². The van der Waals surface area contributed by atoms with Crippen molar-refractivity contribution in [1.29, 1.82) is 0 Å². The second-order valence-electron chi connectivity index (χ2n) is 13.0. The van der Waals surface area contributed by atoms with Crippen LogP contribution in [0.3, 0.4) is 0 Å².